The molecule has 3 N–H and O–H groups in total. The molecular formula is C11H18N4O2. The van der Waals surface area contributed by atoms with Gasteiger partial charge in [0.25, 0.3) is 0 Å². The topological polar surface area (TPSA) is 82.2 Å². The first-order valence-electron chi connectivity index (χ1n) is 5.74. The van der Waals surface area contributed by atoms with Gasteiger partial charge in [0.2, 0.25) is 5.91 Å². The average molecular weight is 238 g/mol. The minimum Gasteiger partial charge on any atom is -0.379 e. The van der Waals surface area contributed by atoms with Gasteiger partial charge >= 0.3 is 0 Å². The Kier molecular flexibility index (Phi) is 3.44. The molecule has 0 bridgehead atoms. The number of rotatable bonds is 4. The quantitative estimate of drug-likeness (QED) is 0.719. The van der Waals surface area contributed by atoms with E-state index < -0.39 is 5.54 Å². The van der Waals surface area contributed by atoms with E-state index in [9.17, 15) is 4.79 Å². The minimum atomic E-state index is -0.843. The number of hydrogen-bond donors (Lipinski definition) is 2. The number of nitrogens with zero attached hydrogens (tertiary/aromatic N) is 2. The Morgan fingerprint density at radius 3 is 3.18 bits per heavy atom. The highest BCUT2D eigenvalue weighted by atomic mass is 16.5. The van der Waals surface area contributed by atoms with Gasteiger partial charge in [0, 0.05) is 32.8 Å². The van der Waals surface area contributed by atoms with Crippen LogP contribution in [0.3, 0.4) is 0 Å². The van der Waals surface area contributed by atoms with Crippen molar-refractivity contribution in [1.29, 1.82) is 0 Å². The van der Waals surface area contributed by atoms with Gasteiger partial charge in [-0.1, -0.05) is 0 Å². The molecule has 1 aromatic heterocycles. The summed E-state index contributed by atoms with van der Waals surface area (Å²) in [4.78, 5) is 11.8. The number of carbonyl (C=O) groups is 1. The van der Waals surface area contributed by atoms with Gasteiger partial charge in [-0.3, -0.25) is 9.48 Å². The second-order valence-corrected chi connectivity index (χ2v) is 4.45. The van der Waals surface area contributed by atoms with Gasteiger partial charge < -0.3 is 15.8 Å². The van der Waals surface area contributed by atoms with E-state index in [1.165, 1.54) is 0 Å². The normalized spacial score (nSPS) is 23.9. The summed E-state index contributed by atoms with van der Waals surface area (Å²) in [6.07, 6.45) is 3.18. The van der Waals surface area contributed by atoms with Crippen molar-refractivity contribution in [3.8, 4) is 0 Å². The molecule has 6 heteroatoms. The Balaban J connectivity index is 1.77. The molecule has 1 aromatic rings. The van der Waals surface area contributed by atoms with Crippen LogP contribution in [0.4, 0.5) is 0 Å². The predicted molar refractivity (Wildman–Crippen MR) is 62.3 cm³/mol. The van der Waals surface area contributed by atoms with Crippen molar-refractivity contribution in [2.45, 2.75) is 18.4 Å². The Morgan fingerprint density at radius 1 is 1.76 bits per heavy atom. The summed E-state index contributed by atoms with van der Waals surface area (Å²) in [5, 5.41) is 7.06. The van der Waals surface area contributed by atoms with E-state index >= 15 is 0 Å². The van der Waals surface area contributed by atoms with Gasteiger partial charge in [-0.2, -0.15) is 5.10 Å². The molecule has 1 amide bonds. The van der Waals surface area contributed by atoms with E-state index in [4.69, 9.17) is 10.5 Å². The standard InChI is InChI=1S/C11H18N4O2/c1-15-6-3-9(14-15)2-5-13-10(16)11(12)4-7-17-8-11/h3,6H,2,4-5,7-8,12H2,1H3,(H,13,16). The smallest absolute Gasteiger partial charge is 0.242 e. The SMILES string of the molecule is Cn1ccc(CCNC(=O)C2(N)CCOC2)n1. The average Bonchev–Trinajstić information content (AvgIpc) is 2.89. The van der Waals surface area contributed by atoms with Gasteiger partial charge in [-0.15, -0.1) is 0 Å². The first-order valence-corrected chi connectivity index (χ1v) is 5.74. The lowest BCUT2D eigenvalue weighted by molar-refractivity contribution is -0.126. The van der Waals surface area contributed by atoms with Gasteiger partial charge in [0.05, 0.1) is 12.3 Å². The van der Waals surface area contributed by atoms with E-state index in [0.717, 1.165) is 5.69 Å². The first-order chi connectivity index (χ1) is 8.10. The molecule has 2 rings (SSSR count). The molecule has 1 aliphatic rings. The molecule has 17 heavy (non-hydrogen) atoms. The van der Waals surface area contributed by atoms with Crippen LogP contribution in [0.25, 0.3) is 0 Å². The number of hydrogen-bond acceptors (Lipinski definition) is 4. The van der Waals surface area contributed by atoms with Crippen LogP contribution in [-0.4, -0.2) is 41.0 Å². The summed E-state index contributed by atoms with van der Waals surface area (Å²) < 4.78 is 6.89. The number of aromatic nitrogens is 2. The number of nitrogens with two attached hydrogens (primary N) is 1. The zero-order valence-corrected chi connectivity index (χ0v) is 9.98. The molecule has 0 radical (unpaired) electrons. The Morgan fingerprint density at radius 2 is 2.59 bits per heavy atom. The van der Waals surface area contributed by atoms with Crippen molar-refractivity contribution >= 4 is 5.91 Å². The lowest BCUT2D eigenvalue weighted by Crippen LogP contribution is -2.54. The number of nitrogens with one attached hydrogen (secondary N) is 1. The molecule has 0 saturated carbocycles. The molecule has 1 aliphatic heterocycles. The monoisotopic (exact) mass is 238 g/mol. The summed E-state index contributed by atoms with van der Waals surface area (Å²) in [6, 6.07) is 1.93. The number of amides is 1. The summed E-state index contributed by atoms with van der Waals surface area (Å²) in [7, 11) is 1.87. The second-order valence-electron chi connectivity index (χ2n) is 4.45. The van der Waals surface area contributed by atoms with Crippen molar-refractivity contribution in [2.24, 2.45) is 12.8 Å². The van der Waals surface area contributed by atoms with Crippen molar-refractivity contribution in [3.63, 3.8) is 0 Å². The molecule has 0 spiro atoms. The third-order valence-corrected chi connectivity index (χ3v) is 2.94. The maximum absolute atomic E-state index is 11.8. The largest absolute Gasteiger partial charge is 0.379 e. The highest BCUT2D eigenvalue weighted by Crippen LogP contribution is 2.15. The fraction of sp³-hybridized carbons (Fsp3) is 0.636. The van der Waals surface area contributed by atoms with Crippen molar-refractivity contribution in [2.75, 3.05) is 19.8 Å². The fourth-order valence-electron chi connectivity index (χ4n) is 1.84. The molecule has 1 fully saturated rings. The van der Waals surface area contributed by atoms with Crippen molar-refractivity contribution in [3.05, 3.63) is 18.0 Å². The van der Waals surface area contributed by atoms with Crippen LogP contribution in [0.2, 0.25) is 0 Å². The van der Waals surface area contributed by atoms with Crippen LogP contribution in [0.15, 0.2) is 12.3 Å². The molecule has 0 aromatic carbocycles. The zero-order chi connectivity index (χ0) is 12.3. The highest BCUT2D eigenvalue weighted by Gasteiger charge is 2.37. The van der Waals surface area contributed by atoms with Crippen LogP contribution in [0.5, 0.6) is 0 Å². The minimum absolute atomic E-state index is 0.133. The summed E-state index contributed by atoms with van der Waals surface area (Å²) in [5.74, 6) is -0.133. The zero-order valence-electron chi connectivity index (χ0n) is 9.98. The first kappa shape index (κ1) is 12.1. The van der Waals surface area contributed by atoms with E-state index in [2.05, 4.69) is 10.4 Å². The second kappa shape index (κ2) is 4.85. The molecule has 1 atom stereocenters. The lowest BCUT2D eigenvalue weighted by Gasteiger charge is -2.20. The lowest BCUT2D eigenvalue weighted by atomic mass is 9.99. The van der Waals surface area contributed by atoms with Crippen molar-refractivity contribution < 1.29 is 9.53 Å². The van der Waals surface area contributed by atoms with E-state index in [1.807, 2.05) is 19.3 Å². The van der Waals surface area contributed by atoms with E-state index in [0.29, 0.717) is 32.6 Å². The summed E-state index contributed by atoms with van der Waals surface area (Å²) in [6.45, 7) is 1.42. The maximum Gasteiger partial charge on any atom is 0.242 e. The van der Waals surface area contributed by atoms with Gasteiger partial charge in [0.1, 0.15) is 5.54 Å². The molecule has 6 nitrogen and oxygen atoms in total. The van der Waals surface area contributed by atoms with Crippen LogP contribution in [-0.2, 0) is 23.0 Å². The third-order valence-electron chi connectivity index (χ3n) is 2.94. The Hall–Kier alpha value is -1.40. The van der Waals surface area contributed by atoms with Gasteiger partial charge in [-0.05, 0) is 12.5 Å². The molecule has 2 heterocycles. The maximum atomic E-state index is 11.8. The molecule has 1 saturated heterocycles. The van der Waals surface area contributed by atoms with Gasteiger partial charge in [-0.25, -0.2) is 0 Å². The number of ether oxygens (including phenoxy) is 1. The Labute approximate surface area is 100 Å². The van der Waals surface area contributed by atoms with E-state index in [1.54, 1.807) is 4.68 Å². The number of carbonyl (C=O) groups excluding carboxylic acids is 1. The molecule has 0 aliphatic carbocycles. The van der Waals surface area contributed by atoms with Crippen LogP contribution in [0.1, 0.15) is 12.1 Å². The van der Waals surface area contributed by atoms with E-state index in [-0.39, 0.29) is 5.91 Å². The molecular weight excluding hydrogens is 220 g/mol. The van der Waals surface area contributed by atoms with Crippen LogP contribution < -0.4 is 11.1 Å². The summed E-state index contributed by atoms with van der Waals surface area (Å²) in [5.41, 5.74) is 6.05. The van der Waals surface area contributed by atoms with Crippen LogP contribution in [0, 0.1) is 0 Å². The predicted octanol–water partition coefficient (Wildman–Crippen LogP) is -0.803. The summed E-state index contributed by atoms with van der Waals surface area (Å²) >= 11 is 0. The Bertz CT molecular complexity index is 396. The molecule has 1 unspecified atom stereocenters. The van der Waals surface area contributed by atoms with Gasteiger partial charge in [0.15, 0.2) is 0 Å². The third kappa shape index (κ3) is 2.83. The number of aryl methyl sites for hydroxylation is 1. The van der Waals surface area contributed by atoms with Crippen molar-refractivity contribution in [1.82, 2.24) is 15.1 Å². The highest BCUT2D eigenvalue weighted by molar-refractivity contribution is 5.86. The molecule has 94 valence electrons. The van der Waals surface area contributed by atoms with Crippen LogP contribution >= 0.6 is 0 Å². The fourth-order valence-corrected chi connectivity index (χ4v) is 1.84.